The molecule has 2 aliphatic heterocycles. The van der Waals surface area contributed by atoms with Crippen LogP contribution in [0.1, 0.15) is 33.6 Å². The molecule has 2 saturated heterocycles. The van der Waals surface area contributed by atoms with Crippen LogP contribution in [-0.4, -0.2) is 92.4 Å². The number of esters is 2. The molecule has 0 bridgehead atoms. The van der Waals surface area contributed by atoms with Crippen LogP contribution in [0.2, 0.25) is 0 Å². The third kappa shape index (κ3) is 8.84. The van der Waals surface area contributed by atoms with Crippen molar-refractivity contribution in [1.29, 1.82) is 0 Å². The number of likely N-dealkylation sites (tertiary alicyclic amines) is 1. The van der Waals surface area contributed by atoms with Crippen LogP contribution in [0.5, 0.6) is 0 Å². The summed E-state index contributed by atoms with van der Waals surface area (Å²) in [5.74, 6) is -3.50. The maximum Gasteiger partial charge on any atom is 0.471 e. The first-order valence-corrected chi connectivity index (χ1v) is 11.1. The number of nitrogens with one attached hydrogen (secondary N) is 1. The third-order valence-corrected chi connectivity index (χ3v) is 5.70. The molecular formula is C20H30F3N5O7. The van der Waals surface area contributed by atoms with Crippen molar-refractivity contribution < 1.29 is 46.5 Å². The van der Waals surface area contributed by atoms with Gasteiger partial charge in [0.1, 0.15) is 12.1 Å². The molecule has 35 heavy (non-hydrogen) atoms. The van der Waals surface area contributed by atoms with Crippen LogP contribution < -0.4 is 5.32 Å². The molecule has 5 atom stereocenters. The zero-order valence-corrected chi connectivity index (χ0v) is 19.7. The van der Waals surface area contributed by atoms with Crippen molar-refractivity contribution in [2.24, 2.45) is 11.0 Å². The lowest BCUT2D eigenvalue weighted by molar-refractivity contribution is -0.271. The van der Waals surface area contributed by atoms with Gasteiger partial charge >= 0.3 is 24.0 Å². The number of rotatable bonds is 9. The lowest BCUT2D eigenvalue weighted by Gasteiger charge is -2.45. The van der Waals surface area contributed by atoms with Gasteiger partial charge in [0.15, 0.2) is 18.5 Å². The largest absolute Gasteiger partial charge is 0.471 e. The Hall–Kier alpha value is -2.61. The summed E-state index contributed by atoms with van der Waals surface area (Å²) in [6.45, 7) is 5.89. The highest BCUT2D eigenvalue weighted by atomic mass is 19.4. The third-order valence-electron chi connectivity index (χ3n) is 5.70. The van der Waals surface area contributed by atoms with Crippen molar-refractivity contribution >= 4 is 17.8 Å². The molecule has 2 rings (SSSR count). The quantitative estimate of drug-likeness (QED) is 0.213. The van der Waals surface area contributed by atoms with E-state index in [-0.39, 0.29) is 6.61 Å². The van der Waals surface area contributed by atoms with Gasteiger partial charge in [-0.3, -0.25) is 14.4 Å². The molecule has 15 heteroatoms. The van der Waals surface area contributed by atoms with Crippen molar-refractivity contribution in [3.05, 3.63) is 10.4 Å². The van der Waals surface area contributed by atoms with E-state index >= 15 is 0 Å². The lowest BCUT2D eigenvalue weighted by Crippen LogP contribution is -2.67. The van der Waals surface area contributed by atoms with E-state index in [1.165, 1.54) is 0 Å². The molecule has 2 fully saturated rings. The van der Waals surface area contributed by atoms with Gasteiger partial charge in [0, 0.05) is 25.3 Å². The van der Waals surface area contributed by atoms with Crippen molar-refractivity contribution in [3.63, 3.8) is 0 Å². The summed E-state index contributed by atoms with van der Waals surface area (Å²) in [4.78, 5) is 40.0. The second-order valence-corrected chi connectivity index (χ2v) is 8.50. The van der Waals surface area contributed by atoms with Gasteiger partial charge in [0.2, 0.25) is 0 Å². The van der Waals surface area contributed by atoms with Gasteiger partial charge < -0.3 is 29.2 Å². The highest BCUT2D eigenvalue weighted by molar-refractivity contribution is 5.82. The van der Waals surface area contributed by atoms with E-state index in [0.717, 1.165) is 39.8 Å². The van der Waals surface area contributed by atoms with Crippen LogP contribution in [-0.2, 0) is 33.3 Å². The van der Waals surface area contributed by atoms with Crippen molar-refractivity contribution in [1.82, 2.24) is 10.2 Å². The van der Waals surface area contributed by atoms with Gasteiger partial charge in [0.25, 0.3) is 0 Å². The van der Waals surface area contributed by atoms with Crippen molar-refractivity contribution in [2.45, 2.75) is 70.4 Å². The highest BCUT2D eigenvalue weighted by Gasteiger charge is 2.53. The molecule has 0 aromatic heterocycles. The summed E-state index contributed by atoms with van der Waals surface area (Å²) in [6.07, 6.45) is -9.11. The summed E-state index contributed by atoms with van der Waals surface area (Å²) in [5, 5.41) is 5.12. The zero-order chi connectivity index (χ0) is 26.2. The Morgan fingerprint density at radius 2 is 1.74 bits per heavy atom. The molecule has 0 unspecified atom stereocenters. The number of piperidine rings is 1. The molecule has 1 N–H and O–H groups in total. The average molecular weight is 509 g/mol. The first kappa shape index (κ1) is 28.6. The first-order chi connectivity index (χ1) is 16.4. The van der Waals surface area contributed by atoms with E-state index in [1.54, 1.807) is 5.32 Å². The topological polar surface area (TPSA) is 152 Å². The number of ether oxygens (including phenoxy) is 4. The van der Waals surface area contributed by atoms with E-state index in [9.17, 15) is 27.6 Å². The molecule has 2 aliphatic rings. The Labute approximate surface area is 200 Å². The van der Waals surface area contributed by atoms with Crippen LogP contribution in [0, 0.1) is 5.92 Å². The summed E-state index contributed by atoms with van der Waals surface area (Å²) < 4.78 is 60.9. The van der Waals surface area contributed by atoms with Gasteiger partial charge in [0.05, 0.1) is 13.2 Å². The standard InChI is InChI=1S/C20H30F3N5O7/c1-11-4-6-28(7-5-11)8-9-32-18-15(26-19(31)20(21,22)23)17(34-13(3)30)16(33-12(2)29)14(35-18)10-25-27-24/h11,14-18H,4-10H2,1-3H3,(H,26,31)/t14-,15-,16-,17-,18-/m1/s1. The Balaban J connectivity index is 2.29. The van der Waals surface area contributed by atoms with Crippen LogP contribution in [0.15, 0.2) is 5.11 Å². The number of carbonyl (C=O) groups is 3. The average Bonchev–Trinajstić information content (AvgIpc) is 2.76. The maximum absolute atomic E-state index is 13.0. The number of alkyl halides is 3. The minimum absolute atomic E-state index is 0.0245. The van der Waals surface area contributed by atoms with E-state index in [2.05, 4.69) is 21.8 Å². The molecule has 0 radical (unpaired) electrons. The minimum Gasteiger partial charge on any atom is -0.456 e. The fourth-order valence-corrected chi connectivity index (χ4v) is 3.95. The molecule has 2 heterocycles. The van der Waals surface area contributed by atoms with E-state index in [1.807, 2.05) is 0 Å². The Morgan fingerprint density at radius 1 is 1.14 bits per heavy atom. The summed E-state index contributed by atoms with van der Waals surface area (Å²) in [5.41, 5.74) is 8.70. The molecule has 0 aromatic carbocycles. The second kappa shape index (κ2) is 12.9. The predicted molar refractivity (Wildman–Crippen MR) is 113 cm³/mol. The normalized spacial score (nSPS) is 28.0. The molecule has 12 nitrogen and oxygen atoms in total. The number of halogens is 3. The Bertz CT molecular complexity index is 800. The Morgan fingerprint density at radius 3 is 2.29 bits per heavy atom. The van der Waals surface area contributed by atoms with E-state index < -0.39 is 61.2 Å². The molecule has 198 valence electrons. The number of nitrogens with zero attached hydrogens (tertiary/aromatic N) is 4. The fraction of sp³-hybridized carbons (Fsp3) is 0.850. The smallest absolute Gasteiger partial charge is 0.456 e. The number of hydrogen-bond acceptors (Lipinski definition) is 9. The van der Waals surface area contributed by atoms with Crippen LogP contribution in [0.3, 0.4) is 0 Å². The monoisotopic (exact) mass is 509 g/mol. The van der Waals surface area contributed by atoms with Crippen LogP contribution in [0.25, 0.3) is 10.4 Å². The Kier molecular flexibility index (Phi) is 10.6. The minimum atomic E-state index is -5.26. The maximum atomic E-state index is 13.0. The van der Waals surface area contributed by atoms with E-state index in [0.29, 0.717) is 12.5 Å². The molecule has 0 aliphatic carbocycles. The first-order valence-electron chi connectivity index (χ1n) is 11.1. The van der Waals surface area contributed by atoms with Gasteiger partial charge in [-0.25, -0.2) is 0 Å². The zero-order valence-electron chi connectivity index (χ0n) is 19.7. The fourth-order valence-electron chi connectivity index (χ4n) is 3.95. The summed E-state index contributed by atoms with van der Waals surface area (Å²) in [6, 6.07) is -1.68. The van der Waals surface area contributed by atoms with Crippen molar-refractivity contribution in [2.75, 3.05) is 32.8 Å². The van der Waals surface area contributed by atoms with Crippen LogP contribution >= 0.6 is 0 Å². The SMILES string of the molecule is CC(=O)O[C@@H]1[C@@H](NC(=O)C(F)(F)F)[C@H](OCCN2CCC(C)CC2)O[C@H](CN=[N+]=[N-])[C@H]1OC(C)=O. The molecular weight excluding hydrogens is 479 g/mol. The van der Waals surface area contributed by atoms with Gasteiger partial charge in [-0.05, 0) is 37.4 Å². The number of hydrogen-bond donors (Lipinski definition) is 1. The molecule has 0 aromatic rings. The molecule has 1 amide bonds. The lowest BCUT2D eigenvalue weighted by atomic mass is 9.95. The van der Waals surface area contributed by atoms with Crippen molar-refractivity contribution in [3.8, 4) is 0 Å². The van der Waals surface area contributed by atoms with Gasteiger partial charge in [-0.1, -0.05) is 12.0 Å². The predicted octanol–water partition coefficient (Wildman–Crippen LogP) is 1.68. The number of amides is 1. The van der Waals surface area contributed by atoms with Gasteiger partial charge in [-0.15, -0.1) is 0 Å². The van der Waals surface area contributed by atoms with Crippen LogP contribution in [0.4, 0.5) is 13.2 Å². The number of azide groups is 1. The molecule has 0 saturated carbocycles. The molecule has 0 spiro atoms. The summed E-state index contributed by atoms with van der Waals surface area (Å²) >= 11 is 0. The number of carbonyl (C=O) groups excluding carboxylic acids is 3. The van der Waals surface area contributed by atoms with Gasteiger partial charge in [-0.2, -0.15) is 13.2 Å². The second-order valence-electron chi connectivity index (χ2n) is 8.50. The highest BCUT2D eigenvalue weighted by Crippen LogP contribution is 2.29. The van der Waals surface area contributed by atoms with E-state index in [4.69, 9.17) is 24.5 Å². The summed E-state index contributed by atoms with van der Waals surface area (Å²) in [7, 11) is 0.